The van der Waals surface area contributed by atoms with Crippen LogP contribution in [0.3, 0.4) is 0 Å². The molecule has 1 fully saturated rings. The fourth-order valence-electron chi connectivity index (χ4n) is 4.51. The molecule has 174 valence electrons. The van der Waals surface area contributed by atoms with Crippen molar-refractivity contribution in [3.05, 3.63) is 36.2 Å². The molecule has 1 aromatic heterocycles. The van der Waals surface area contributed by atoms with Gasteiger partial charge in [-0.3, -0.25) is 9.89 Å². The van der Waals surface area contributed by atoms with Crippen LogP contribution in [0.2, 0.25) is 0 Å². The van der Waals surface area contributed by atoms with Crippen molar-refractivity contribution in [3.63, 3.8) is 0 Å². The highest BCUT2D eigenvalue weighted by Crippen LogP contribution is 2.39. The van der Waals surface area contributed by atoms with Gasteiger partial charge in [-0.15, -0.1) is 5.11 Å². The number of nitrogens with zero attached hydrogens (tertiary/aromatic N) is 6. The van der Waals surface area contributed by atoms with E-state index in [0.29, 0.717) is 24.6 Å². The highest BCUT2D eigenvalue weighted by Gasteiger charge is 2.60. The fourth-order valence-corrected chi connectivity index (χ4v) is 5.15. The van der Waals surface area contributed by atoms with Gasteiger partial charge in [-0.05, 0) is 25.7 Å². The molecule has 1 spiro atoms. The number of alkyl halides is 1. The number of urea groups is 1. The normalized spacial score (nSPS) is 27.9. The van der Waals surface area contributed by atoms with Crippen LogP contribution >= 0.6 is 15.9 Å². The van der Waals surface area contributed by atoms with Gasteiger partial charge in [0.15, 0.2) is 0 Å². The molecule has 10 nitrogen and oxygen atoms in total. The molecular weight excluding hydrogens is 488 g/mol. The van der Waals surface area contributed by atoms with Crippen molar-refractivity contribution >= 4 is 27.7 Å². The van der Waals surface area contributed by atoms with Gasteiger partial charge in [0.05, 0.1) is 0 Å². The second kappa shape index (κ2) is 9.30. The first-order valence-corrected chi connectivity index (χ1v) is 12.4. The van der Waals surface area contributed by atoms with Crippen molar-refractivity contribution in [2.75, 3.05) is 0 Å². The van der Waals surface area contributed by atoms with Crippen molar-refractivity contribution in [2.45, 2.75) is 74.9 Å². The molecule has 4 heterocycles. The van der Waals surface area contributed by atoms with E-state index >= 15 is 0 Å². The van der Waals surface area contributed by atoms with Gasteiger partial charge in [-0.2, -0.15) is 10.1 Å². The minimum absolute atomic E-state index is 0.0747. The van der Waals surface area contributed by atoms with Crippen molar-refractivity contribution in [1.82, 2.24) is 25.7 Å². The van der Waals surface area contributed by atoms with Crippen molar-refractivity contribution in [1.29, 1.82) is 0 Å². The number of aliphatic imine (C=N–C) groups is 1. The highest BCUT2D eigenvalue weighted by molar-refractivity contribution is 9.10. The molecule has 4 atom stereocenters. The number of halogens is 1. The zero-order chi connectivity index (χ0) is 22.8. The Morgan fingerprint density at radius 2 is 2.03 bits per heavy atom. The van der Waals surface area contributed by atoms with Crippen LogP contribution in [-0.2, 0) is 6.42 Å². The second-order valence-electron chi connectivity index (χ2n) is 8.49. The first-order valence-electron chi connectivity index (χ1n) is 11.5. The molecule has 0 aliphatic carbocycles. The lowest BCUT2D eigenvalue weighted by molar-refractivity contribution is 0.116. The number of aryl methyl sites for hydroxylation is 1. The maximum absolute atomic E-state index is 12.9. The molecule has 5 rings (SSSR count). The van der Waals surface area contributed by atoms with Gasteiger partial charge >= 0.3 is 6.03 Å². The Morgan fingerprint density at radius 1 is 1.18 bits per heavy atom. The molecule has 1 aromatic carbocycles. The Hall–Kier alpha value is -2.66. The SMILES string of the molecule is CCCCCC1N=C2C(Br)NC(=O)N3C(CCCc4nc(-c5ccccc5)no4)N=NC23N1. The smallest absolute Gasteiger partial charge is 0.323 e. The fraction of sp³-hybridized carbons (Fsp3) is 0.545. The summed E-state index contributed by atoms with van der Waals surface area (Å²) < 4.78 is 5.41. The number of unbranched alkanes of at least 4 members (excludes halogenated alkanes) is 2. The van der Waals surface area contributed by atoms with E-state index in [9.17, 15) is 4.79 Å². The van der Waals surface area contributed by atoms with Crippen LogP contribution in [0, 0.1) is 0 Å². The van der Waals surface area contributed by atoms with Crippen LogP contribution in [0.4, 0.5) is 4.79 Å². The Labute approximate surface area is 200 Å². The van der Waals surface area contributed by atoms with Gasteiger partial charge in [-0.1, -0.05) is 71.2 Å². The summed E-state index contributed by atoms with van der Waals surface area (Å²) in [4.78, 5) is 23.6. The van der Waals surface area contributed by atoms with Crippen LogP contribution < -0.4 is 10.6 Å². The zero-order valence-electron chi connectivity index (χ0n) is 18.4. The van der Waals surface area contributed by atoms with Gasteiger partial charge in [0, 0.05) is 12.0 Å². The molecule has 0 saturated carbocycles. The first kappa shape index (κ1) is 22.1. The molecule has 1 saturated heterocycles. The summed E-state index contributed by atoms with van der Waals surface area (Å²) in [6.45, 7) is 2.18. The number of rotatable bonds is 9. The van der Waals surface area contributed by atoms with Crippen LogP contribution in [0.5, 0.6) is 0 Å². The number of carbonyl (C=O) groups excluding carboxylic acids is 1. The number of hydrogen-bond donors (Lipinski definition) is 2. The van der Waals surface area contributed by atoms with Gasteiger partial charge in [0.1, 0.15) is 23.0 Å². The number of azo groups is 1. The Balaban J connectivity index is 1.23. The summed E-state index contributed by atoms with van der Waals surface area (Å²) in [6.07, 6.45) is 5.78. The molecule has 11 heteroatoms. The molecule has 33 heavy (non-hydrogen) atoms. The van der Waals surface area contributed by atoms with E-state index in [4.69, 9.17) is 9.52 Å². The summed E-state index contributed by atoms with van der Waals surface area (Å²) in [6, 6.07) is 9.51. The predicted octanol–water partition coefficient (Wildman–Crippen LogP) is 4.20. The molecule has 0 radical (unpaired) electrons. The van der Waals surface area contributed by atoms with Crippen LogP contribution in [-0.4, -0.2) is 49.9 Å². The number of aromatic nitrogens is 2. The summed E-state index contributed by atoms with van der Waals surface area (Å²) in [7, 11) is 0. The third-order valence-corrected chi connectivity index (χ3v) is 6.81. The number of amides is 2. The van der Waals surface area contributed by atoms with E-state index in [-0.39, 0.29) is 23.3 Å². The standard InChI is InChI=1S/C22H27BrN8O2/c1-2-3-5-11-15-24-18-19(23)26-21(32)31-16(28-30-22(18,31)27-15)12-8-13-17-25-20(29-33-17)14-9-6-4-7-10-14/h4,6-7,9-10,15-16,19,27H,2-3,5,8,11-13H2,1H3,(H,26,32). The highest BCUT2D eigenvalue weighted by atomic mass is 79.9. The Kier molecular flexibility index (Phi) is 6.24. The van der Waals surface area contributed by atoms with Crippen LogP contribution in [0.1, 0.15) is 51.3 Å². The number of nitrogens with one attached hydrogen (secondary N) is 2. The van der Waals surface area contributed by atoms with Gasteiger partial charge in [-0.25, -0.2) is 10.1 Å². The average Bonchev–Trinajstić information content (AvgIpc) is 3.53. The zero-order valence-corrected chi connectivity index (χ0v) is 20.0. The lowest BCUT2D eigenvalue weighted by Gasteiger charge is -2.41. The first-order chi connectivity index (χ1) is 16.1. The van der Waals surface area contributed by atoms with E-state index in [1.165, 1.54) is 0 Å². The van der Waals surface area contributed by atoms with Gasteiger partial charge < -0.3 is 9.84 Å². The second-order valence-corrected chi connectivity index (χ2v) is 9.41. The van der Waals surface area contributed by atoms with Gasteiger partial charge in [0.2, 0.25) is 11.7 Å². The summed E-state index contributed by atoms with van der Waals surface area (Å²) in [5.74, 6) is 0.150. The lowest BCUT2D eigenvalue weighted by Crippen LogP contribution is -2.71. The van der Waals surface area contributed by atoms with E-state index in [0.717, 1.165) is 43.4 Å². The predicted molar refractivity (Wildman–Crippen MR) is 126 cm³/mol. The topological polar surface area (TPSA) is 120 Å². The molecule has 3 aliphatic heterocycles. The molecule has 3 aliphatic rings. The van der Waals surface area contributed by atoms with Crippen molar-refractivity contribution in [3.8, 4) is 11.4 Å². The molecule has 4 unspecified atom stereocenters. The summed E-state index contributed by atoms with van der Waals surface area (Å²) in [5.41, 5.74) is 1.68. The number of carbonyl (C=O) groups is 1. The van der Waals surface area contributed by atoms with Crippen molar-refractivity contribution in [2.24, 2.45) is 15.2 Å². The number of hydrogen-bond acceptors (Lipinski definition) is 8. The average molecular weight is 515 g/mol. The summed E-state index contributed by atoms with van der Waals surface area (Å²) in [5, 5.41) is 19.5. The van der Waals surface area contributed by atoms with E-state index < -0.39 is 5.79 Å². The number of benzene rings is 1. The third kappa shape index (κ3) is 4.19. The van der Waals surface area contributed by atoms with Gasteiger partial charge in [0.25, 0.3) is 5.79 Å². The summed E-state index contributed by atoms with van der Waals surface area (Å²) >= 11 is 3.54. The largest absolute Gasteiger partial charge is 0.339 e. The molecular formula is C22H27BrN8O2. The Bertz CT molecular complexity index is 1060. The minimum atomic E-state index is -0.997. The monoisotopic (exact) mass is 514 g/mol. The van der Waals surface area contributed by atoms with Crippen molar-refractivity contribution < 1.29 is 9.32 Å². The molecule has 2 amide bonds. The van der Waals surface area contributed by atoms with E-state index in [2.05, 4.69) is 53.9 Å². The van der Waals surface area contributed by atoms with Crippen LogP contribution in [0.15, 0.2) is 50.1 Å². The Morgan fingerprint density at radius 3 is 2.85 bits per heavy atom. The van der Waals surface area contributed by atoms with E-state index in [1.807, 2.05) is 30.3 Å². The van der Waals surface area contributed by atoms with Crippen LogP contribution in [0.25, 0.3) is 11.4 Å². The maximum Gasteiger partial charge on any atom is 0.323 e. The lowest BCUT2D eigenvalue weighted by atomic mass is 10.1. The molecule has 2 N–H and O–H groups in total. The van der Waals surface area contributed by atoms with E-state index in [1.54, 1.807) is 4.90 Å². The minimum Gasteiger partial charge on any atom is -0.339 e. The molecule has 0 bridgehead atoms. The molecule has 2 aromatic rings. The third-order valence-electron chi connectivity index (χ3n) is 6.15. The maximum atomic E-state index is 12.9. The quantitative estimate of drug-likeness (QED) is 0.295.